The molecule has 0 radical (unpaired) electrons. The molecule has 26 heavy (non-hydrogen) atoms. The van der Waals surface area contributed by atoms with Gasteiger partial charge in [0.05, 0.1) is 17.4 Å². The summed E-state index contributed by atoms with van der Waals surface area (Å²) in [4.78, 5) is 24.8. The van der Waals surface area contributed by atoms with Crippen LogP contribution in [0, 0.1) is 5.92 Å². The number of nitrogens with one attached hydrogen (secondary N) is 1. The molecule has 136 valence electrons. The number of amides is 2. The molecule has 1 aliphatic heterocycles. The second-order valence-electron chi connectivity index (χ2n) is 6.30. The number of hydrogen-bond donors (Lipinski definition) is 1. The van der Waals surface area contributed by atoms with Gasteiger partial charge in [-0.25, -0.2) is 12.7 Å². The summed E-state index contributed by atoms with van der Waals surface area (Å²) < 4.78 is 25.3. The van der Waals surface area contributed by atoms with Gasteiger partial charge in [0.2, 0.25) is 15.9 Å². The van der Waals surface area contributed by atoms with Crippen LogP contribution in [0.2, 0.25) is 0 Å². The van der Waals surface area contributed by atoms with Crippen LogP contribution in [0.15, 0.2) is 48.5 Å². The van der Waals surface area contributed by atoms with Gasteiger partial charge >= 0.3 is 0 Å². The number of benzene rings is 2. The monoisotopic (exact) mass is 372 g/mol. The summed E-state index contributed by atoms with van der Waals surface area (Å²) in [7, 11) is -3.70. The zero-order chi connectivity index (χ0) is 18.9. The number of aryl methyl sites for hydroxylation is 1. The number of carbonyl (C=O) groups is 2. The van der Waals surface area contributed by atoms with Crippen molar-refractivity contribution in [3.8, 4) is 0 Å². The fourth-order valence-electron chi connectivity index (χ4n) is 3.01. The summed E-state index contributed by atoms with van der Waals surface area (Å²) in [6, 6.07) is 13.6. The van der Waals surface area contributed by atoms with Crippen LogP contribution in [0.1, 0.15) is 29.8 Å². The summed E-state index contributed by atoms with van der Waals surface area (Å²) in [6.07, 6.45) is 0.773. The standard InChI is InChI=1S/C19H20N2O4S/c1-3-14-7-4-5-10-17(14)20-18(22)15-8-6-9-16(11-15)21-19(23)13(2)12-26(21,24)25/h4-11,13H,3,12H2,1-2H3,(H,20,22)/t13-/m0/s1. The molecule has 0 bridgehead atoms. The van der Waals surface area contributed by atoms with Gasteiger partial charge in [-0.3, -0.25) is 9.59 Å². The Balaban J connectivity index is 1.90. The predicted molar refractivity (Wildman–Crippen MR) is 101 cm³/mol. The highest BCUT2D eigenvalue weighted by Gasteiger charge is 2.42. The highest BCUT2D eigenvalue weighted by atomic mass is 32.2. The fraction of sp³-hybridized carbons (Fsp3) is 0.263. The molecule has 0 aliphatic carbocycles. The van der Waals surface area contributed by atoms with Crippen molar-refractivity contribution in [1.82, 2.24) is 0 Å². The second kappa shape index (κ2) is 6.92. The SMILES string of the molecule is CCc1ccccc1NC(=O)c1cccc(N2C(=O)[C@@H](C)CS2(=O)=O)c1. The van der Waals surface area contributed by atoms with E-state index in [4.69, 9.17) is 0 Å². The lowest BCUT2D eigenvalue weighted by Crippen LogP contribution is -2.30. The molecular formula is C19H20N2O4S. The summed E-state index contributed by atoms with van der Waals surface area (Å²) >= 11 is 0. The topological polar surface area (TPSA) is 83.6 Å². The molecule has 1 saturated heterocycles. The Morgan fingerprint density at radius 3 is 2.58 bits per heavy atom. The quantitative estimate of drug-likeness (QED) is 0.894. The maximum absolute atomic E-state index is 12.6. The molecule has 2 aromatic rings. The number of para-hydroxylation sites is 1. The summed E-state index contributed by atoms with van der Waals surface area (Å²) in [5, 5.41) is 2.84. The average Bonchev–Trinajstić information content (AvgIpc) is 2.82. The minimum absolute atomic E-state index is 0.191. The molecule has 0 saturated carbocycles. The van der Waals surface area contributed by atoms with Gasteiger partial charge < -0.3 is 5.32 Å². The van der Waals surface area contributed by atoms with Crippen molar-refractivity contribution in [2.24, 2.45) is 5.92 Å². The number of carbonyl (C=O) groups excluding carboxylic acids is 2. The van der Waals surface area contributed by atoms with Crippen LogP contribution in [0.5, 0.6) is 0 Å². The summed E-state index contributed by atoms with van der Waals surface area (Å²) in [5.74, 6) is -1.63. The van der Waals surface area contributed by atoms with Crippen LogP contribution in [-0.2, 0) is 21.2 Å². The van der Waals surface area contributed by atoms with Crippen LogP contribution >= 0.6 is 0 Å². The minimum Gasteiger partial charge on any atom is -0.322 e. The van der Waals surface area contributed by atoms with Gasteiger partial charge in [-0.15, -0.1) is 0 Å². The van der Waals surface area contributed by atoms with Gasteiger partial charge in [0.25, 0.3) is 5.91 Å². The smallest absolute Gasteiger partial charge is 0.255 e. The van der Waals surface area contributed by atoms with Gasteiger partial charge in [-0.05, 0) is 36.2 Å². The van der Waals surface area contributed by atoms with Gasteiger partial charge in [0.15, 0.2) is 0 Å². The molecule has 6 nitrogen and oxygen atoms in total. The molecule has 0 unspecified atom stereocenters. The van der Waals surface area contributed by atoms with Crippen molar-refractivity contribution in [1.29, 1.82) is 0 Å². The van der Waals surface area contributed by atoms with E-state index in [1.165, 1.54) is 12.1 Å². The molecule has 0 spiro atoms. The Labute approximate surface area is 152 Å². The van der Waals surface area contributed by atoms with E-state index in [1.54, 1.807) is 19.1 Å². The van der Waals surface area contributed by atoms with Crippen molar-refractivity contribution in [2.75, 3.05) is 15.4 Å². The lowest BCUT2D eigenvalue weighted by Gasteiger charge is -2.16. The normalized spacial score (nSPS) is 18.8. The third-order valence-corrected chi connectivity index (χ3v) is 6.22. The van der Waals surface area contributed by atoms with Crippen LogP contribution in [-0.4, -0.2) is 26.0 Å². The van der Waals surface area contributed by atoms with Gasteiger partial charge in [-0.2, -0.15) is 0 Å². The molecule has 1 fully saturated rings. The van der Waals surface area contributed by atoms with Gasteiger partial charge in [0.1, 0.15) is 0 Å². The number of anilines is 2. The number of nitrogens with zero attached hydrogens (tertiary/aromatic N) is 1. The maximum Gasteiger partial charge on any atom is 0.255 e. The van der Waals surface area contributed by atoms with E-state index >= 15 is 0 Å². The van der Waals surface area contributed by atoms with Gasteiger partial charge in [-0.1, -0.05) is 38.1 Å². The molecule has 1 heterocycles. The molecule has 2 amide bonds. The van der Waals surface area contributed by atoms with Crippen molar-refractivity contribution in [3.05, 3.63) is 59.7 Å². The molecule has 2 aromatic carbocycles. The maximum atomic E-state index is 12.6. The fourth-order valence-corrected chi connectivity index (χ4v) is 4.82. The zero-order valence-corrected chi connectivity index (χ0v) is 15.4. The largest absolute Gasteiger partial charge is 0.322 e. The predicted octanol–water partition coefficient (Wildman–Crippen LogP) is 2.81. The lowest BCUT2D eigenvalue weighted by molar-refractivity contribution is -0.119. The molecule has 3 rings (SSSR count). The highest BCUT2D eigenvalue weighted by molar-refractivity contribution is 7.94. The summed E-state index contributed by atoms with van der Waals surface area (Å²) in [5.41, 5.74) is 2.19. The average molecular weight is 372 g/mol. The Morgan fingerprint density at radius 2 is 1.92 bits per heavy atom. The molecule has 1 atom stereocenters. The third kappa shape index (κ3) is 3.35. The highest BCUT2D eigenvalue weighted by Crippen LogP contribution is 2.29. The van der Waals surface area contributed by atoms with E-state index in [-0.39, 0.29) is 22.9 Å². The van der Waals surface area contributed by atoms with Gasteiger partial charge in [0, 0.05) is 11.3 Å². The Hall–Kier alpha value is -2.67. The third-order valence-electron chi connectivity index (χ3n) is 4.35. The van der Waals surface area contributed by atoms with Crippen LogP contribution in [0.3, 0.4) is 0 Å². The Bertz CT molecular complexity index is 969. The van der Waals surface area contributed by atoms with Crippen molar-refractivity contribution in [3.63, 3.8) is 0 Å². The Kier molecular flexibility index (Phi) is 4.82. The van der Waals surface area contributed by atoms with Crippen molar-refractivity contribution in [2.45, 2.75) is 20.3 Å². The second-order valence-corrected chi connectivity index (χ2v) is 8.16. The van der Waals surface area contributed by atoms with Crippen molar-refractivity contribution >= 4 is 33.2 Å². The van der Waals surface area contributed by atoms with Crippen molar-refractivity contribution < 1.29 is 18.0 Å². The first-order valence-corrected chi connectivity index (χ1v) is 10.0. The number of sulfonamides is 1. The molecule has 1 aliphatic rings. The van der Waals surface area contributed by atoms with E-state index in [0.717, 1.165) is 16.3 Å². The van der Waals surface area contributed by atoms with E-state index < -0.39 is 21.8 Å². The van der Waals surface area contributed by atoms with Crippen LogP contribution in [0.25, 0.3) is 0 Å². The first-order chi connectivity index (χ1) is 12.3. The minimum atomic E-state index is -3.70. The van der Waals surface area contributed by atoms with Crippen LogP contribution < -0.4 is 9.62 Å². The lowest BCUT2D eigenvalue weighted by atomic mass is 10.1. The van der Waals surface area contributed by atoms with Crippen LogP contribution in [0.4, 0.5) is 11.4 Å². The van der Waals surface area contributed by atoms with E-state index in [0.29, 0.717) is 5.69 Å². The zero-order valence-electron chi connectivity index (χ0n) is 14.6. The van der Waals surface area contributed by atoms with E-state index in [9.17, 15) is 18.0 Å². The van der Waals surface area contributed by atoms with E-state index in [1.807, 2.05) is 31.2 Å². The first-order valence-electron chi connectivity index (χ1n) is 8.39. The summed E-state index contributed by atoms with van der Waals surface area (Å²) in [6.45, 7) is 3.58. The molecular weight excluding hydrogens is 352 g/mol. The molecule has 7 heteroatoms. The Morgan fingerprint density at radius 1 is 1.19 bits per heavy atom. The van der Waals surface area contributed by atoms with E-state index in [2.05, 4.69) is 5.32 Å². The molecule has 1 N–H and O–H groups in total. The molecule has 0 aromatic heterocycles. The first kappa shape index (κ1) is 18.1. The number of hydrogen-bond acceptors (Lipinski definition) is 4. The number of rotatable bonds is 4.